The number of alkyl halides is 1. The minimum Gasteiger partial charge on any atom is -0.465 e. The minimum absolute atomic E-state index is 0.0203. The number of carbonyl (C=O) groups is 2. The monoisotopic (exact) mass is 206 g/mol. The summed E-state index contributed by atoms with van der Waals surface area (Å²) in [5.41, 5.74) is 0. The van der Waals surface area contributed by atoms with E-state index in [9.17, 15) is 9.59 Å². The van der Waals surface area contributed by atoms with Crippen LogP contribution in [0.4, 0.5) is 0 Å². The molecule has 0 fully saturated rings. The molecule has 0 heterocycles. The first kappa shape index (κ1) is 12.4. The van der Waals surface area contributed by atoms with E-state index in [2.05, 4.69) is 4.74 Å². The maximum absolute atomic E-state index is 11.2. The second kappa shape index (κ2) is 5.97. The Labute approximate surface area is 83.4 Å². The summed E-state index contributed by atoms with van der Waals surface area (Å²) in [7, 11) is 0. The highest BCUT2D eigenvalue weighted by atomic mass is 35.5. The number of ketones is 1. The fraction of sp³-hybridized carbons (Fsp3) is 0.778. The van der Waals surface area contributed by atoms with Gasteiger partial charge in [0.1, 0.15) is 11.2 Å². The van der Waals surface area contributed by atoms with Crippen LogP contribution >= 0.6 is 11.6 Å². The van der Waals surface area contributed by atoms with Crippen molar-refractivity contribution in [1.82, 2.24) is 0 Å². The molecule has 13 heavy (non-hydrogen) atoms. The Hall–Kier alpha value is -0.570. The molecule has 0 aromatic heterocycles. The summed E-state index contributed by atoms with van der Waals surface area (Å²) < 4.78 is 4.66. The first-order valence-corrected chi connectivity index (χ1v) is 4.76. The highest BCUT2D eigenvalue weighted by Crippen LogP contribution is 2.09. The van der Waals surface area contributed by atoms with E-state index < -0.39 is 11.3 Å². The van der Waals surface area contributed by atoms with Gasteiger partial charge in [0.25, 0.3) is 0 Å². The summed E-state index contributed by atoms with van der Waals surface area (Å²) in [5, 5.41) is -0.838. The van der Waals surface area contributed by atoms with Gasteiger partial charge in [0, 0.05) is 12.3 Å². The molecule has 0 aromatic rings. The van der Waals surface area contributed by atoms with Gasteiger partial charge in [-0.05, 0) is 6.92 Å². The summed E-state index contributed by atoms with van der Waals surface area (Å²) in [4.78, 5) is 22.2. The average Bonchev–Trinajstić information content (AvgIpc) is 2.04. The SMILES string of the molecule is CCOC(=O)C(Cl)CC(=O)C(C)C. The van der Waals surface area contributed by atoms with Crippen LogP contribution in [0.5, 0.6) is 0 Å². The minimum atomic E-state index is -0.838. The number of hydrogen-bond donors (Lipinski definition) is 0. The third kappa shape index (κ3) is 4.88. The van der Waals surface area contributed by atoms with Gasteiger partial charge in [0.15, 0.2) is 0 Å². The van der Waals surface area contributed by atoms with E-state index in [4.69, 9.17) is 11.6 Å². The van der Waals surface area contributed by atoms with Gasteiger partial charge in [-0.1, -0.05) is 13.8 Å². The van der Waals surface area contributed by atoms with Gasteiger partial charge < -0.3 is 4.74 Å². The lowest BCUT2D eigenvalue weighted by Gasteiger charge is -2.08. The molecule has 0 radical (unpaired) electrons. The number of Topliss-reactive ketones (excluding diaryl/α,β-unsaturated/α-hetero) is 1. The van der Waals surface area contributed by atoms with Crippen LogP contribution in [0.1, 0.15) is 27.2 Å². The van der Waals surface area contributed by atoms with Crippen molar-refractivity contribution < 1.29 is 14.3 Å². The van der Waals surface area contributed by atoms with Gasteiger partial charge >= 0.3 is 5.97 Å². The Bertz CT molecular complexity index is 189. The molecule has 0 aromatic carbocycles. The molecule has 0 saturated heterocycles. The third-order valence-electron chi connectivity index (χ3n) is 1.57. The van der Waals surface area contributed by atoms with Crippen molar-refractivity contribution in [3.63, 3.8) is 0 Å². The Balaban J connectivity index is 3.92. The Kier molecular flexibility index (Phi) is 5.71. The van der Waals surface area contributed by atoms with Crippen molar-refractivity contribution in [3.8, 4) is 0 Å². The maximum Gasteiger partial charge on any atom is 0.324 e. The number of carbonyl (C=O) groups excluding carboxylic acids is 2. The molecule has 3 nitrogen and oxygen atoms in total. The van der Waals surface area contributed by atoms with Gasteiger partial charge in [-0.25, -0.2) is 0 Å². The average molecular weight is 207 g/mol. The third-order valence-corrected chi connectivity index (χ3v) is 1.90. The second-order valence-corrected chi connectivity index (χ2v) is 3.57. The van der Waals surface area contributed by atoms with Gasteiger partial charge in [-0.15, -0.1) is 11.6 Å². The Morgan fingerprint density at radius 3 is 2.31 bits per heavy atom. The van der Waals surface area contributed by atoms with E-state index in [1.54, 1.807) is 20.8 Å². The molecule has 1 atom stereocenters. The van der Waals surface area contributed by atoms with Gasteiger partial charge in [0.05, 0.1) is 6.61 Å². The summed E-state index contributed by atoms with van der Waals surface area (Å²) in [5.74, 6) is -0.623. The zero-order valence-corrected chi connectivity index (χ0v) is 8.93. The van der Waals surface area contributed by atoms with Crippen molar-refractivity contribution >= 4 is 23.4 Å². The normalized spacial score (nSPS) is 12.7. The second-order valence-electron chi connectivity index (χ2n) is 3.04. The first-order chi connectivity index (χ1) is 5.99. The summed E-state index contributed by atoms with van der Waals surface area (Å²) in [6.45, 7) is 5.54. The molecule has 76 valence electrons. The molecule has 0 aliphatic rings. The molecule has 4 heteroatoms. The van der Waals surface area contributed by atoms with E-state index >= 15 is 0 Å². The summed E-state index contributed by atoms with van der Waals surface area (Å²) in [6, 6.07) is 0. The van der Waals surface area contributed by atoms with Crippen LogP contribution in [0, 0.1) is 5.92 Å². The number of rotatable bonds is 5. The molecule has 0 saturated carbocycles. The quantitative estimate of drug-likeness (QED) is 0.509. The highest BCUT2D eigenvalue weighted by Gasteiger charge is 2.21. The zero-order valence-electron chi connectivity index (χ0n) is 8.17. The van der Waals surface area contributed by atoms with E-state index in [0.717, 1.165) is 0 Å². The highest BCUT2D eigenvalue weighted by molar-refractivity contribution is 6.31. The van der Waals surface area contributed by atoms with Crippen molar-refractivity contribution in [3.05, 3.63) is 0 Å². The van der Waals surface area contributed by atoms with Crippen molar-refractivity contribution in [2.24, 2.45) is 5.92 Å². The van der Waals surface area contributed by atoms with E-state index in [-0.39, 0.29) is 24.7 Å². The smallest absolute Gasteiger partial charge is 0.324 e. The van der Waals surface area contributed by atoms with Crippen LogP contribution in [0.15, 0.2) is 0 Å². The summed E-state index contributed by atoms with van der Waals surface area (Å²) in [6.07, 6.45) is 0.0536. The predicted octanol–water partition coefficient (Wildman–Crippen LogP) is 1.77. The molecule has 0 spiro atoms. The lowest BCUT2D eigenvalue weighted by atomic mass is 10.0. The van der Waals surface area contributed by atoms with Crippen LogP contribution in [0.25, 0.3) is 0 Å². The van der Waals surface area contributed by atoms with Crippen LogP contribution < -0.4 is 0 Å². The topological polar surface area (TPSA) is 43.4 Å². The molecular formula is C9H15ClO3. The van der Waals surface area contributed by atoms with Crippen LogP contribution in [-0.2, 0) is 14.3 Å². The molecule has 0 aliphatic carbocycles. The Morgan fingerprint density at radius 1 is 1.38 bits per heavy atom. The van der Waals surface area contributed by atoms with Crippen LogP contribution in [0.3, 0.4) is 0 Å². The number of ether oxygens (including phenoxy) is 1. The van der Waals surface area contributed by atoms with E-state index in [1.165, 1.54) is 0 Å². The largest absolute Gasteiger partial charge is 0.465 e. The van der Waals surface area contributed by atoms with Gasteiger partial charge in [-0.2, -0.15) is 0 Å². The van der Waals surface area contributed by atoms with Crippen molar-refractivity contribution in [1.29, 1.82) is 0 Å². The lowest BCUT2D eigenvalue weighted by Crippen LogP contribution is -2.23. The fourth-order valence-corrected chi connectivity index (χ4v) is 0.943. The molecule has 0 aliphatic heterocycles. The van der Waals surface area contributed by atoms with E-state index in [0.29, 0.717) is 0 Å². The maximum atomic E-state index is 11.2. The number of halogens is 1. The van der Waals surface area contributed by atoms with Gasteiger partial charge in [-0.3, -0.25) is 9.59 Å². The molecule has 0 rings (SSSR count). The van der Waals surface area contributed by atoms with Crippen molar-refractivity contribution in [2.75, 3.05) is 6.61 Å². The van der Waals surface area contributed by atoms with Crippen LogP contribution in [0.2, 0.25) is 0 Å². The molecule has 0 bridgehead atoms. The number of hydrogen-bond acceptors (Lipinski definition) is 3. The first-order valence-electron chi connectivity index (χ1n) is 4.32. The molecule has 0 N–H and O–H groups in total. The molecule has 0 amide bonds. The van der Waals surface area contributed by atoms with E-state index in [1.807, 2.05) is 0 Å². The molecule has 1 unspecified atom stereocenters. The predicted molar refractivity (Wildman–Crippen MR) is 50.7 cm³/mol. The molecular weight excluding hydrogens is 192 g/mol. The zero-order chi connectivity index (χ0) is 10.4. The lowest BCUT2D eigenvalue weighted by molar-refractivity contribution is -0.144. The van der Waals surface area contributed by atoms with Gasteiger partial charge in [0.2, 0.25) is 0 Å². The van der Waals surface area contributed by atoms with Crippen LogP contribution in [-0.4, -0.2) is 23.7 Å². The van der Waals surface area contributed by atoms with Crippen molar-refractivity contribution in [2.45, 2.75) is 32.6 Å². The fourth-order valence-electron chi connectivity index (χ4n) is 0.728. The summed E-state index contributed by atoms with van der Waals surface area (Å²) >= 11 is 5.65. The standard InChI is InChI=1S/C9H15ClO3/c1-4-13-9(12)7(10)5-8(11)6(2)3/h6-7H,4-5H2,1-3H3. The number of esters is 1. The Morgan fingerprint density at radius 2 is 1.92 bits per heavy atom.